The molecule has 3 aromatic rings. The first kappa shape index (κ1) is 12.3. The van der Waals surface area contributed by atoms with Crippen LogP contribution in [-0.2, 0) is 6.42 Å². The van der Waals surface area contributed by atoms with Crippen molar-refractivity contribution in [2.75, 3.05) is 0 Å². The minimum Gasteiger partial charge on any atom is -0.294 e. The SMILES string of the molecule is Cc1ccccc1C1CC(=O)c2cnc3ccnn3c2C1. The van der Waals surface area contributed by atoms with Crippen LogP contribution in [0.3, 0.4) is 0 Å². The molecule has 1 aliphatic carbocycles. The summed E-state index contributed by atoms with van der Waals surface area (Å²) in [5, 5.41) is 4.32. The topological polar surface area (TPSA) is 47.3 Å². The Morgan fingerprint density at radius 3 is 2.90 bits per heavy atom. The number of benzene rings is 1. The van der Waals surface area contributed by atoms with E-state index < -0.39 is 0 Å². The third kappa shape index (κ3) is 1.87. The normalized spacial score (nSPS) is 18.0. The number of nitrogens with zero attached hydrogens (tertiary/aromatic N) is 3. The van der Waals surface area contributed by atoms with Gasteiger partial charge in [0.1, 0.15) is 0 Å². The highest BCUT2D eigenvalue weighted by Gasteiger charge is 2.29. The molecule has 4 nitrogen and oxygen atoms in total. The van der Waals surface area contributed by atoms with Crippen LogP contribution < -0.4 is 0 Å². The van der Waals surface area contributed by atoms with E-state index in [2.05, 4.69) is 29.1 Å². The molecule has 1 unspecified atom stereocenters. The third-order valence-electron chi connectivity index (χ3n) is 4.32. The van der Waals surface area contributed by atoms with E-state index in [9.17, 15) is 4.79 Å². The zero-order valence-electron chi connectivity index (χ0n) is 11.8. The highest BCUT2D eigenvalue weighted by atomic mass is 16.1. The van der Waals surface area contributed by atoms with Crippen LogP contribution in [0.15, 0.2) is 42.7 Å². The van der Waals surface area contributed by atoms with Gasteiger partial charge in [0.2, 0.25) is 0 Å². The van der Waals surface area contributed by atoms with Crippen LogP contribution in [0.25, 0.3) is 5.65 Å². The molecule has 0 N–H and O–H groups in total. The lowest BCUT2D eigenvalue weighted by Gasteiger charge is -2.25. The van der Waals surface area contributed by atoms with Gasteiger partial charge in [-0.3, -0.25) is 4.79 Å². The van der Waals surface area contributed by atoms with E-state index in [4.69, 9.17) is 0 Å². The van der Waals surface area contributed by atoms with Gasteiger partial charge in [-0.2, -0.15) is 5.10 Å². The Morgan fingerprint density at radius 2 is 2.05 bits per heavy atom. The van der Waals surface area contributed by atoms with Gasteiger partial charge in [0.25, 0.3) is 0 Å². The van der Waals surface area contributed by atoms with Crippen molar-refractivity contribution < 1.29 is 4.79 Å². The fourth-order valence-corrected chi connectivity index (χ4v) is 3.25. The van der Waals surface area contributed by atoms with E-state index in [0.29, 0.717) is 6.42 Å². The van der Waals surface area contributed by atoms with Crippen LogP contribution in [0.2, 0.25) is 0 Å². The standard InChI is InChI=1S/C17H15N3O/c1-11-4-2-3-5-13(11)12-8-15-14(16(21)9-12)10-18-17-6-7-19-20(15)17/h2-7,10,12H,8-9H2,1H3. The van der Waals surface area contributed by atoms with Gasteiger partial charge in [-0.25, -0.2) is 9.50 Å². The van der Waals surface area contributed by atoms with E-state index >= 15 is 0 Å². The van der Waals surface area contributed by atoms with Gasteiger partial charge >= 0.3 is 0 Å². The number of rotatable bonds is 1. The number of aromatic nitrogens is 3. The highest BCUT2D eigenvalue weighted by molar-refractivity contribution is 5.98. The fraction of sp³-hybridized carbons (Fsp3) is 0.235. The van der Waals surface area contributed by atoms with Crippen molar-refractivity contribution in [3.05, 3.63) is 65.1 Å². The predicted octanol–water partition coefficient (Wildman–Crippen LogP) is 2.95. The quantitative estimate of drug-likeness (QED) is 0.687. The summed E-state index contributed by atoms with van der Waals surface area (Å²) < 4.78 is 1.80. The molecule has 0 aliphatic heterocycles. The Morgan fingerprint density at radius 1 is 1.19 bits per heavy atom. The second kappa shape index (κ2) is 4.52. The Bertz CT molecular complexity index is 850. The Kier molecular flexibility index (Phi) is 2.64. The summed E-state index contributed by atoms with van der Waals surface area (Å²) >= 11 is 0. The molecule has 1 atom stereocenters. The van der Waals surface area contributed by atoms with E-state index in [1.54, 1.807) is 16.9 Å². The van der Waals surface area contributed by atoms with Crippen molar-refractivity contribution in [1.82, 2.24) is 14.6 Å². The number of hydrogen-bond acceptors (Lipinski definition) is 3. The maximum Gasteiger partial charge on any atom is 0.166 e. The number of ketones is 1. The monoisotopic (exact) mass is 277 g/mol. The van der Waals surface area contributed by atoms with E-state index in [-0.39, 0.29) is 11.7 Å². The number of aryl methyl sites for hydroxylation is 1. The molecule has 0 fully saturated rings. The van der Waals surface area contributed by atoms with E-state index in [1.165, 1.54) is 11.1 Å². The summed E-state index contributed by atoms with van der Waals surface area (Å²) in [6.07, 6.45) is 4.80. The van der Waals surface area contributed by atoms with Crippen molar-refractivity contribution in [3.63, 3.8) is 0 Å². The molecule has 2 heterocycles. The third-order valence-corrected chi connectivity index (χ3v) is 4.32. The van der Waals surface area contributed by atoms with Crippen LogP contribution >= 0.6 is 0 Å². The van der Waals surface area contributed by atoms with Crippen molar-refractivity contribution in [2.24, 2.45) is 0 Å². The van der Waals surface area contributed by atoms with E-state index in [0.717, 1.165) is 23.3 Å². The van der Waals surface area contributed by atoms with Gasteiger partial charge in [0, 0.05) is 18.7 Å². The van der Waals surface area contributed by atoms with Gasteiger partial charge in [-0.15, -0.1) is 0 Å². The number of Topliss-reactive ketones (excluding diaryl/α,β-unsaturated/α-hetero) is 1. The minimum atomic E-state index is 0.161. The molecule has 0 saturated carbocycles. The Labute approximate surface area is 122 Å². The first-order valence-electron chi connectivity index (χ1n) is 7.14. The second-order valence-corrected chi connectivity index (χ2v) is 5.60. The zero-order chi connectivity index (χ0) is 14.4. The number of hydrogen-bond donors (Lipinski definition) is 0. The van der Waals surface area contributed by atoms with Crippen LogP contribution in [-0.4, -0.2) is 20.4 Å². The van der Waals surface area contributed by atoms with Crippen molar-refractivity contribution in [2.45, 2.75) is 25.7 Å². The second-order valence-electron chi connectivity index (χ2n) is 5.60. The minimum absolute atomic E-state index is 0.161. The molecule has 2 aromatic heterocycles. The van der Waals surface area contributed by atoms with Gasteiger partial charge in [0.15, 0.2) is 11.4 Å². The zero-order valence-corrected chi connectivity index (χ0v) is 11.8. The van der Waals surface area contributed by atoms with Crippen LogP contribution in [0.4, 0.5) is 0 Å². The smallest absolute Gasteiger partial charge is 0.166 e. The molecule has 1 aromatic carbocycles. The molecule has 4 heteroatoms. The van der Waals surface area contributed by atoms with Crippen molar-refractivity contribution in [1.29, 1.82) is 0 Å². The largest absolute Gasteiger partial charge is 0.294 e. The molecule has 21 heavy (non-hydrogen) atoms. The van der Waals surface area contributed by atoms with Crippen LogP contribution in [0.1, 0.15) is 39.5 Å². The molecule has 0 radical (unpaired) electrons. The number of carbonyl (C=O) groups is 1. The molecule has 0 saturated heterocycles. The first-order chi connectivity index (χ1) is 10.2. The molecular weight excluding hydrogens is 262 g/mol. The van der Waals surface area contributed by atoms with Gasteiger partial charge in [0.05, 0.1) is 17.5 Å². The van der Waals surface area contributed by atoms with Gasteiger partial charge in [-0.1, -0.05) is 24.3 Å². The molecular formula is C17H15N3O. The molecule has 104 valence electrons. The summed E-state index contributed by atoms with van der Waals surface area (Å²) in [6, 6.07) is 10.2. The molecule has 0 amide bonds. The number of carbonyl (C=O) groups excluding carboxylic acids is 1. The average Bonchev–Trinajstić information content (AvgIpc) is 2.96. The lowest BCUT2D eigenvalue weighted by molar-refractivity contribution is 0.0962. The van der Waals surface area contributed by atoms with Crippen LogP contribution in [0.5, 0.6) is 0 Å². The summed E-state index contributed by atoms with van der Waals surface area (Å²) in [4.78, 5) is 16.8. The van der Waals surface area contributed by atoms with E-state index in [1.807, 2.05) is 18.2 Å². The lowest BCUT2D eigenvalue weighted by Crippen LogP contribution is -2.22. The van der Waals surface area contributed by atoms with Gasteiger partial charge in [-0.05, 0) is 30.4 Å². The molecule has 1 aliphatic rings. The highest BCUT2D eigenvalue weighted by Crippen LogP contribution is 2.33. The summed E-state index contributed by atoms with van der Waals surface area (Å²) in [5.74, 6) is 0.385. The summed E-state index contributed by atoms with van der Waals surface area (Å²) in [6.45, 7) is 2.10. The Hall–Kier alpha value is -2.49. The maximum atomic E-state index is 12.5. The maximum absolute atomic E-state index is 12.5. The number of fused-ring (bicyclic) bond motifs is 3. The molecule has 0 spiro atoms. The lowest BCUT2D eigenvalue weighted by atomic mass is 9.80. The molecule has 4 rings (SSSR count). The Balaban J connectivity index is 1.86. The van der Waals surface area contributed by atoms with Crippen molar-refractivity contribution >= 4 is 11.4 Å². The van der Waals surface area contributed by atoms with Crippen LogP contribution in [0, 0.1) is 6.92 Å². The van der Waals surface area contributed by atoms with Crippen molar-refractivity contribution in [3.8, 4) is 0 Å². The average molecular weight is 277 g/mol. The fourth-order valence-electron chi connectivity index (χ4n) is 3.25. The summed E-state index contributed by atoms with van der Waals surface area (Å²) in [7, 11) is 0. The molecule has 0 bridgehead atoms. The predicted molar refractivity (Wildman–Crippen MR) is 79.6 cm³/mol. The first-order valence-corrected chi connectivity index (χ1v) is 7.14. The summed E-state index contributed by atoms with van der Waals surface area (Å²) in [5.41, 5.74) is 5.00. The van der Waals surface area contributed by atoms with Gasteiger partial charge < -0.3 is 0 Å².